The molecule has 0 radical (unpaired) electrons. The second-order valence-corrected chi connectivity index (χ2v) is 7.70. The minimum absolute atomic E-state index is 0. The Kier molecular flexibility index (Phi) is 28.0. The van der Waals surface area contributed by atoms with E-state index in [0.717, 1.165) is 0 Å². The zero-order valence-corrected chi connectivity index (χ0v) is 15.5. The summed E-state index contributed by atoms with van der Waals surface area (Å²) in [5.74, 6) is 0. The third kappa shape index (κ3) is 6410. The average molecular weight is 514 g/mol. The minimum atomic E-state index is -4.64. The molecular weight excluding hydrogens is 498 g/mol. The van der Waals surface area contributed by atoms with Gasteiger partial charge in [-0.05, 0) is 0 Å². The monoisotopic (exact) mass is 514 g/mol. The van der Waals surface area contributed by atoms with Crippen molar-refractivity contribution < 1.29 is 96.2 Å². The first-order valence-corrected chi connectivity index (χ1v) is 11.7. The molecule has 26 heteroatoms. The Morgan fingerprint density at radius 2 is 0.269 bits per heavy atom. The standard InChI is InChI=1S/Na.5H3O4P.H/c;5*1-5(2,3)4;/h;5*(H3,1,2,3,4);. The van der Waals surface area contributed by atoms with Crippen LogP contribution >= 0.6 is 39.1 Å². The van der Waals surface area contributed by atoms with E-state index in [1.54, 1.807) is 0 Å². The fraction of sp³-hybridized carbons (Fsp3) is 0. The molecule has 0 aliphatic rings. The van der Waals surface area contributed by atoms with Crippen LogP contribution in [0, 0.1) is 0 Å². The van der Waals surface area contributed by atoms with Crippen LogP contribution in [0.2, 0.25) is 0 Å². The third-order valence-corrected chi connectivity index (χ3v) is 0. The molecule has 0 rings (SSSR count). The van der Waals surface area contributed by atoms with Crippen LogP contribution in [0.5, 0.6) is 0 Å². The summed E-state index contributed by atoms with van der Waals surface area (Å²) in [6, 6.07) is 0. The molecule has 0 spiro atoms. The molecular formula is H16NaO20P5. The van der Waals surface area contributed by atoms with Gasteiger partial charge in [-0.1, -0.05) is 0 Å². The molecule has 0 aromatic heterocycles. The van der Waals surface area contributed by atoms with Gasteiger partial charge in [0, 0.05) is 0 Å². The molecule has 0 saturated carbocycles. The summed E-state index contributed by atoms with van der Waals surface area (Å²) >= 11 is 0. The Labute approximate surface area is 164 Å². The van der Waals surface area contributed by atoms with Gasteiger partial charge in [-0.25, -0.2) is 22.8 Å². The molecule has 0 atom stereocenters. The van der Waals surface area contributed by atoms with Crippen LogP contribution in [0.1, 0.15) is 0 Å². The van der Waals surface area contributed by atoms with Gasteiger partial charge in [0.1, 0.15) is 0 Å². The summed E-state index contributed by atoms with van der Waals surface area (Å²) in [4.78, 5) is 108. The molecule has 0 aliphatic heterocycles. The molecule has 0 unspecified atom stereocenters. The summed E-state index contributed by atoms with van der Waals surface area (Å²) in [5.41, 5.74) is 0. The van der Waals surface area contributed by atoms with E-state index in [2.05, 4.69) is 0 Å². The Morgan fingerprint density at radius 1 is 0.269 bits per heavy atom. The van der Waals surface area contributed by atoms with E-state index in [9.17, 15) is 0 Å². The second-order valence-electron chi connectivity index (χ2n) is 2.57. The van der Waals surface area contributed by atoms with Gasteiger partial charge >= 0.3 is 68.7 Å². The van der Waals surface area contributed by atoms with Crippen LogP contribution in [0.15, 0.2) is 0 Å². The number of hydrogen-bond donors (Lipinski definition) is 15. The van der Waals surface area contributed by atoms with Crippen molar-refractivity contribution in [1.82, 2.24) is 0 Å². The summed E-state index contributed by atoms with van der Waals surface area (Å²) in [6.07, 6.45) is 0. The van der Waals surface area contributed by atoms with Crippen LogP contribution in [0.25, 0.3) is 0 Å². The van der Waals surface area contributed by atoms with Crippen LogP contribution in [0.3, 0.4) is 0 Å². The van der Waals surface area contributed by atoms with Crippen molar-refractivity contribution in [2.75, 3.05) is 0 Å². The van der Waals surface area contributed by atoms with E-state index in [0.29, 0.717) is 0 Å². The molecule has 0 aromatic rings. The molecule has 0 aliphatic carbocycles. The Hall–Kier alpha value is 1.55. The Balaban J connectivity index is -0.0000000476. The second kappa shape index (κ2) is 17.4. The quantitative estimate of drug-likeness (QED) is 0.106. The topological polar surface area (TPSA) is 389 Å². The van der Waals surface area contributed by atoms with Gasteiger partial charge in [0.15, 0.2) is 0 Å². The van der Waals surface area contributed by atoms with Gasteiger partial charge in [0.2, 0.25) is 0 Å². The number of rotatable bonds is 0. The number of phosphoric acid groups is 5. The van der Waals surface area contributed by atoms with Crippen LogP contribution in [0.4, 0.5) is 0 Å². The maximum atomic E-state index is 8.88. The van der Waals surface area contributed by atoms with Gasteiger partial charge in [-0.2, -0.15) is 0 Å². The van der Waals surface area contributed by atoms with E-state index >= 15 is 0 Å². The molecule has 0 aromatic carbocycles. The van der Waals surface area contributed by atoms with E-state index in [1.165, 1.54) is 0 Å². The molecule has 26 heavy (non-hydrogen) atoms. The van der Waals surface area contributed by atoms with Crippen molar-refractivity contribution in [3.8, 4) is 0 Å². The molecule has 20 nitrogen and oxygen atoms in total. The summed E-state index contributed by atoms with van der Waals surface area (Å²) in [6.45, 7) is 0. The molecule has 0 heterocycles. The van der Waals surface area contributed by atoms with Crippen LogP contribution in [-0.2, 0) is 22.8 Å². The molecule has 0 fully saturated rings. The normalized spacial score (nSPS) is 11.3. The molecule has 0 amide bonds. The first-order chi connectivity index (χ1) is 10.0. The molecule has 15 N–H and O–H groups in total. The molecule has 162 valence electrons. The van der Waals surface area contributed by atoms with Gasteiger partial charge in [0.05, 0.1) is 0 Å². The maximum absolute atomic E-state index is 8.88. The Bertz CT molecular complexity index is 371. The molecule has 0 bridgehead atoms. The van der Waals surface area contributed by atoms with Gasteiger partial charge in [-0.3, -0.25) is 0 Å². The average Bonchev–Trinajstić information content (AvgIpc) is 1.79. The zero-order chi connectivity index (χ0) is 22.5. The number of hydrogen-bond acceptors (Lipinski definition) is 5. The van der Waals surface area contributed by atoms with Crippen LogP contribution in [-0.4, -0.2) is 103 Å². The van der Waals surface area contributed by atoms with Crippen LogP contribution < -0.4 is 0 Å². The predicted molar refractivity (Wildman–Crippen MR) is 78.5 cm³/mol. The summed E-state index contributed by atoms with van der Waals surface area (Å²) in [5, 5.41) is 0. The van der Waals surface area contributed by atoms with Crippen molar-refractivity contribution in [2.24, 2.45) is 0 Å². The third-order valence-electron chi connectivity index (χ3n) is 0. The van der Waals surface area contributed by atoms with E-state index in [4.69, 9.17) is 96.2 Å². The van der Waals surface area contributed by atoms with Crippen molar-refractivity contribution in [2.45, 2.75) is 0 Å². The predicted octanol–water partition coefficient (Wildman–Crippen LogP) is -5.29. The van der Waals surface area contributed by atoms with Crippen molar-refractivity contribution in [1.29, 1.82) is 0 Å². The van der Waals surface area contributed by atoms with Gasteiger partial charge in [0.25, 0.3) is 0 Å². The summed E-state index contributed by atoms with van der Waals surface area (Å²) in [7, 11) is -23.2. The molecule has 0 saturated heterocycles. The SMILES string of the molecule is O=P(O)(O)O.O=P(O)(O)O.O=P(O)(O)O.O=P(O)(O)O.O=P(O)(O)O.[NaH]. The summed E-state index contributed by atoms with van der Waals surface area (Å²) < 4.78 is 44.4. The van der Waals surface area contributed by atoms with Gasteiger partial charge in [-0.15, -0.1) is 0 Å². The fourth-order valence-corrected chi connectivity index (χ4v) is 0. The van der Waals surface area contributed by atoms with Gasteiger partial charge < -0.3 is 73.4 Å². The Morgan fingerprint density at radius 3 is 0.269 bits per heavy atom. The zero-order valence-electron chi connectivity index (χ0n) is 11.0. The fourth-order valence-electron chi connectivity index (χ4n) is 0. The van der Waals surface area contributed by atoms with Crippen molar-refractivity contribution in [3.05, 3.63) is 0 Å². The van der Waals surface area contributed by atoms with Crippen molar-refractivity contribution in [3.63, 3.8) is 0 Å². The first kappa shape index (κ1) is 41.8. The first-order valence-electron chi connectivity index (χ1n) is 3.91. The van der Waals surface area contributed by atoms with E-state index < -0.39 is 39.1 Å². The van der Waals surface area contributed by atoms with Crippen molar-refractivity contribution >= 4 is 68.7 Å². The van der Waals surface area contributed by atoms with E-state index in [-0.39, 0.29) is 29.6 Å². The van der Waals surface area contributed by atoms with E-state index in [1.807, 2.05) is 0 Å².